The Morgan fingerprint density at radius 2 is 1.90 bits per heavy atom. The number of nitriles is 2. The zero-order chi connectivity index (χ0) is 22.2. The van der Waals surface area contributed by atoms with E-state index in [2.05, 4.69) is 11.4 Å². The number of ether oxygens (including phenoxy) is 1. The third kappa shape index (κ3) is 5.17. The summed E-state index contributed by atoms with van der Waals surface area (Å²) < 4.78 is 7.16. The first-order valence-electron chi connectivity index (χ1n) is 9.67. The Hall–Kier alpha value is -4.36. The van der Waals surface area contributed by atoms with Crippen molar-refractivity contribution in [2.45, 2.75) is 26.0 Å². The fraction of sp³-hybridized carbons (Fsp3) is 0.167. The number of rotatable bonds is 7. The summed E-state index contributed by atoms with van der Waals surface area (Å²) in [5.41, 5.74) is 2.46. The smallest absolute Gasteiger partial charge is 0.331 e. The van der Waals surface area contributed by atoms with E-state index in [-0.39, 0.29) is 0 Å². The molecule has 0 bridgehead atoms. The molecule has 7 heteroatoms. The summed E-state index contributed by atoms with van der Waals surface area (Å²) in [7, 11) is 0. The summed E-state index contributed by atoms with van der Waals surface area (Å²) >= 11 is 0. The maximum Gasteiger partial charge on any atom is 0.331 e. The van der Waals surface area contributed by atoms with Gasteiger partial charge in [-0.15, -0.1) is 0 Å². The monoisotopic (exact) mass is 412 g/mol. The van der Waals surface area contributed by atoms with E-state index in [1.165, 1.54) is 13.0 Å². The summed E-state index contributed by atoms with van der Waals surface area (Å²) in [4.78, 5) is 24.5. The summed E-state index contributed by atoms with van der Waals surface area (Å²) in [6.45, 7) is 2.01. The average molecular weight is 412 g/mol. The van der Waals surface area contributed by atoms with E-state index < -0.39 is 18.0 Å². The van der Waals surface area contributed by atoms with E-state index in [1.807, 2.05) is 41.1 Å². The lowest BCUT2D eigenvalue weighted by Crippen LogP contribution is -2.29. The molecule has 1 heterocycles. The number of amides is 1. The first-order chi connectivity index (χ1) is 15.0. The number of aryl methyl sites for hydroxylation is 1. The van der Waals surface area contributed by atoms with Gasteiger partial charge < -0.3 is 14.6 Å². The van der Waals surface area contributed by atoms with Crippen molar-refractivity contribution in [1.29, 1.82) is 10.5 Å². The Balaban J connectivity index is 1.67. The van der Waals surface area contributed by atoms with Crippen LogP contribution in [0, 0.1) is 22.7 Å². The second kappa shape index (κ2) is 9.91. The Bertz CT molecular complexity index is 1230. The summed E-state index contributed by atoms with van der Waals surface area (Å²) in [6.07, 6.45) is 4.11. The zero-order valence-electron chi connectivity index (χ0n) is 16.9. The van der Waals surface area contributed by atoms with Crippen LogP contribution in [-0.4, -0.2) is 22.5 Å². The van der Waals surface area contributed by atoms with Crippen molar-refractivity contribution in [2.24, 2.45) is 0 Å². The van der Waals surface area contributed by atoms with Crippen molar-refractivity contribution in [3.8, 4) is 12.1 Å². The van der Waals surface area contributed by atoms with E-state index in [4.69, 9.17) is 15.3 Å². The van der Waals surface area contributed by atoms with Gasteiger partial charge in [0.1, 0.15) is 6.07 Å². The van der Waals surface area contributed by atoms with Gasteiger partial charge in [-0.2, -0.15) is 10.5 Å². The van der Waals surface area contributed by atoms with Crippen LogP contribution in [0.5, 0.6) is 0 Å². The van der Waals surface area contributed by atoms with Gasteiger partial charge in [-0.1, -0.05) is 30.3 Å². The molecule has 1 atom stereocenters. The molecular weight excluding hydrogens is 392 g/mol. The van der Waals surface area contributed by atoms with Gasteiger partial charge >= 0.3 is 5.97 Å². The first-order valence-corrected chi connectivity index (χ1v) is 9.67. The molecule has 0 aliphatic heterocycles. The van der Waals surface area contributed by atoms with E-state index >= 15 is 0 Å². The largest absolute Gasteiger partial charge is 0.449 e. The molecule has 0 radical (unpaired) electrons. The highest BCUT2D eigenvalue weighted by molar-refractivity contribution is 5.98. The molecule has 1 N–H and O–H groups in total. The number of para-hydroxylation sites is 2. The number of carbonyl (C=O) groups excluding carboxylic acids is 2. The zero-order valence-corrected chi connectivity index (χ0v) is 16.9. The van der Waals surface area contributed by atoms with Crippen LogP contribution in [0.4, 0.5) is 5.69 Å². The molecule has 1 aromatic heterocycles. The Morgan fingerprint density at radius 1 is 1.16 bits per heavy atom. The number of esters is 1. The molecule has 0 aliphatic carbocycles. The van der Waals surface area contributed by atoms with Crippen molar-refractivity contribution < 1.29 is 14.3 Å². The van der Waals surface area contributed by atoms with E-state index in [0.717, 1.165) is 16.5 Å². The first kappa shape index (κ1) is 21.4. The number of hydrogen-bond donors (Lipinski definition) is 1. The predicted octanol–water partition coefficient (Wildman–Crippen LogP) is 4.01. The summed E-state index contributed by atoms with van der Waals surface area (Å²) in [6, 6.07) is 18.4. The van der Waals surface area contributed by atoms with Gasteiger partial charge in [0.25, 0.3) is 5.91 Å². The number of fused-ring (bicyclic) bond motifs is 1. The quantitative estimate of drug-likeness (QED) is 0.466. The standard InChI is InChI=1S/C24H20N4O3/c1-17(24(30)27-21-9-4-2-7-18(21)15-26)31-23(29)12-11-19-16-28(14-6-13-25)22-10-5-3-8-20(19)22/h2-5,7-12,16-17H,6,14H2,1H3,(H,27,30)/b12-11+/t17-/m1/s1. The van der Waals surface area contributed by atoms with Crippen molar-refractivity contribution in [2.75, 3.05) is 5.32 Å². The maximum absolute atomic E-state index is 12.3. The van der Waals surface area contributed by atoms with Crippen LogP contribution in [0.25, 0.3) is 17.0 Å². The van der Waals surface area contributed by atoms with E-state index in [1.54, 1.807) is 30.3 Å². The van der Waals surface area contributed by atoms with Crippen LogP contribution < -0.4 is 5.32 Å². The van der Waals surface area contributed by atoms with Crippen LogP contribution in [0.2, 0.25) is 0 Å². The second-order valence-corrected chi connectivity index (χ2v) is 6.76. The highest BCUT2D eigenvalue weighted by Crippen LogP contribution is 2.23. The van der Waals surface area contributed by atoms with E-state index in [0.29, 0.717) is 24.2 Å². The lowest BCUT2D eigenvalue weighted by atomic mass is 10.1. The van der Waals surface area contributed by atoms with Gasteiger partial charge in [0.2, 0.25) is 0 Å². The molecule has 1 amide bonds. The molecule has 31 heavy (non-hydrogen) atoms. The topological polar surface area (TPSA) is 108 Å². The number of aromatic nitrogens is 1. The molecule has 3 rings (SSSR count). The molecule has 0 unspecified atom stereocenters. The van der Waals surface area contributed by atoms with Gasteiger partial charge in [0, 0.05) is 35.3 Å². The van der Waals surface area contributed by atoms with Gasteiger partial charge in [0.15, 0.2) is 6.10 Å². The van der Waals surface area contributed by atoms with Crippen LogP contribution >= 0.6 is 0 Å². The number of carbonyl (C=O) groups is 2. The van der Waals surface area contributed by atoms with Gasteiger partial charge in [-0.05, 0) is 31.2 Å². The Labute approximate surface area is 179 Å². The van der Waals surface area contributed by atoms with Gasteiger partial charge in [-0.3, -0.25) is 4.79 Å². The number of nitrogens with zero attached hydrogens (tertiary/aromatic N) is 3. The van der Waals surface area contributed by atoms with Crippen LogP contribution in [0.1, 0.15) is 24.5 Å². The number of anilines is 1. The second-order valence-electron chi connectivity index (χ2n) is 6.76. The normalized spacial score (nSPS) is 11.6. The summed E-state index contributed by atoms with van der Waals surface area (Å²) in [5.74, 6) is -1.19. The van der Waals surface area contributed by atoms with E-state index in [9.17, 15) is 9.59 Å². The molecule has 154 valence electrons. The van der Waals surface area contributed by atoms with Crippen LogP contribution in [-0.2, 0) is 20.9 Å². The molecule has 7 nitrogen and oxygen atoms in total. The highest BCUT2D eigenvalue weighted by atomic mass is 16.5. The Morgan fingerprint density at radius 3 is 2.68 bits per heavy atom. The molecule has 2 aromatic carbocycles. The minimum absolute atomic E-state index is 0.321. The third-order valence-corrected chi connectivity index (χ3v) is 4.65. The molecule has 0 fully saturated rings. The molecular formula is C24H20N4O3. The number of benzene rings is 2. The molecule has 0 aliphatic rings. The molecule has 3 aromatic rings. The highest BCUT2D eigenvalue weighted by Gasteiger charge is 2.18. The minimum Gasteiger partial charge on any atom is -0.449 e. The molecule has 0 saturated heterocycles. The van der Waals surface area contributed by atoms with Crippen molar-refractivity contribution in [1.82, 2.24) is 4.57 Å². The summed E-state index contributed by atoms with van der Waals surface area (Å²) in [5, 5.41) is 21.5. The fourth-order valence-corrected chi connectivity index (χ4v) is 3.11. The predicted molar refractivity (Wildman–Crippen MR) is 117 cm³/mol. The molecule has 0 saturated carbocycles. The average Bonchev–Trinajstić information content (AvgIpc) is 3.14. The Kier molecular flexibility index (Phi) is 6.82. The van der Waals surface area contributed by atoms with Crippen molar-refractivity contribution >= 4 is 34.5 Å². The molecule has 0 spiro atoms. The van der Waals surface area contributed by atoms with Crippen LogP contribution in [0.3, 0.4) is 0 Å². The lowest BCUT2D eigenvalue weighted by molar-refractivity contribution is -0.148. The minimum atomic E-state index is -1.04. The fourth-order valence-electron chi connectivity index (χ4n) is 3.11. The third-order valence-electron chi connectivity index (χ3n) is 4.65. The van der Waals surface area contributed by atoms with Crippen LogP contribution in [0.15, 0.2) is 60.8 Å². The maximum atomic E-state index is 12.3. The number of hydrogen-bond acceptors (Lipinski definition) is 5. The van der Waals surface area contributed by atoms with Crippen molar-refractivity contribution in [3.05, 3.63) is 71.9 Å². The number of nitrogens with one attached hydrogen (secondary N) is 1. The lowest BCUT2D eigenvalue weighted by Gasteiger charge is -2.13. The van der Waals surface area contributed by atoms with Gasteiger partial charge in [0.05, 0.1) is 23.7 Å². The van der Waals surface area contributed by atoms with Crippen molar-refractivity contribution in [3.63, 3.8) is 0 Å². The SMILES string of the molecule is C[C@@H](OC(=O)/C=C/c1cn(CCC#N)c2ccccc12)C(=O)Nc1ccccc1C#N. The van der Waals surface area contributed by atoms with Gasteiger partial charge in [-0.25, -0.2) is 4.79 Å².